The Hall–Kier alpha value is -3.25. The number of amides is 1. The average Bonchev–Trinajstić information content (AvgIpc) is 3.03. The van der Waals surface area contributed by atoms with Crippen molar-refractivity contribution in [3.8, 4) is 11.3 Å². The fraction of sp³-hybridized carbons (Fsp3) is 0.182. The monoisotopic (exact) mass is 407 g/mol. The van der Waals surface area contributed by atoms with Crippen molar-refractivity contribution in [3.63, 3.8) is 0 Å². The number of hydrogen-bond donors (Lipinski definition) is 2. The van der Waals surface area contributed by atoms with Gasteiger partial charge in [-0.15, -0.1) is 0 Å². The molecule has 1 aromatic heterocycles. The quantitative estimate of drug-likeness (QED) is 0.678. The Morgan fingerprint density at radius 2 is 1.66 bits per heavy atom. The van der Waals surface area contributed by atoms with Crippen LogP contribution < -0.4 is 11.5 Å². The fourth-order valence-electron chi connectivity index (χ4n) is 3.28. The first-order valence-electron chi connectivity index (χ1n) is 9.46. The number of carbonyl (C=O) groups is 1. The molecule has 2 aromatic carbocycles. The van der Waals surface area contributed by atoms with Crippen LogP contribution in [0.15, 0.2) is 60.7 Å². The van der Waals surface area contributed by atoms with Crippen LogP contribution in [0.4, 0.5) is 5.82 Å². The van der Waals surface area contributed by atoms with Crippen LogP contribution in [0.2, 0.25) is 0 Å². The van der Waals surface area contributed by atoms with Gasteiger partial charge in [0, 0.05) is 18.7 Å². The molecule has 0 spiro atoms. The molecular formula is C22H22ClN5O. The van der Waals surface area contributed by atoms with Crippen LogP contribution >= 0.6 is 11.6 Å². The summed E-state index contributed by atoms with van der Waals surface area (Å²) < 4.78 is 1.51. The second-order valence-corrected chi connectivity index (χ2v) is 7.34. The lowest BCUT2D eigenvalue weighted by atomic mass is 10.0. The molecule has 0 bridgehead atoms. The van der Waals surface area contributed by atoms with Gasteiger partial charge in [-0.3, -0.25) is 4.79 Å². The maximum atomic E-state index is 12.5. The SMILES string of the molecule is N/C(=C(/Cl)c1c(-c2ccccc2)nn(CC(=O)N2CCC2)c1N)c1ccccc1. The molecule has 1 aliphatic rings. The summed E-state index contributed by atoms with van der Waals surface area (Å²) in [5.41, 5.74) is 16.0. The van der Waals surface area contributed by atoms with Gasteiger partial charge in [0.05, 0.1) is 16.3 Å². The number of likely N-dealkylation sites (tertiary alicyclic amines) is 1. The molecule has 29 heavy (non-hydrogen) atoms. The van der Waals surface area contributed by atoms with E-state index in [1.54, 1.807) is 4.90 Å². The van der Waals surface area contributed by atoms with E-state index in [1.165, 1.54) is 4.68 Å². The zero-order valence-electron chi connectivity index (χ0n) is 15.9. The number of rotatable bonds is 5. The van der Waals surface area contributed by atoms with Crippen LogP contribution in [0.1, 0.15) is 17.5 Å². The van der Waals surface area contributed by atoms with Crippen molar-refractivity contribution in [2.75, 3.05) is 18.8 Å². The zero-order valence-corrected chi connectivity index (χ0v) is 16.6. The van der Waals surface area contributed by atoms with Gasteiger partial charge in [-0.25, -0.2) is 4.68 Å². The van der Waals surface area contributed by atoms with Crippen molar-refractivity contribution in [2.24, 2.45) is 5.73 Å². The number of nitrogens with two attached hydrogens (primary N) is 2. The van der Waals surface area contributed by atoms with E-state index in [2.05, 4.69) is 5.10 Å². The van der Waals surface area contributed by atoms with E-state index in [0.29, 0.717) is 27.8 Å². The number of anilines is 1. The summed E-state index contributed by atoms with van der Waals surface area (Å²) in [6.07, 6.45) is 1.03. The van der Waals surface area contributed by atoms with Crippen LogP contribution in [-0.2, 0) is 11.3 Å². The minimum Gasteiger partial charge on any atom is -0.397 e. The van der Waals surface area contributed by atoms with Crippen LogP contribution in [0.25, 0.3) is 22.0 Å². The van der Waals surface area contributed by atoms with Gasteiger partial charge < -0.3 is 16.4 Å². The highest BCUT2D eigenvalue weighted by molar-refractivity contribution is 6.53. The Balaban J connectivity index is 1.81. The second kappa shape index (κ2) is 8.01. The van der Waals surface area contributed by atoms with Gasteiger partial charge >= 0.3 is 0 Å². The second-order valence-electron chi connectivity index (χ2n) is 6.96. The molecule has 0 saturated carbocycles. The number of halogens is 1. The molecule has 2 heterocycles. The highest BCUT2D eigenvalue weighted by Gasteiger charge is 2.25. The summed E-state index contributed by atoms with van der Waals surface area (Å²) in [6.45, 7) is 1.63. The summed E-state index contributed by atoms with van der Waals surface area (Å²) in [5.74, 6) is 0.314. The molecule has 0 atom stereocenters. The molecule has 0 aliphatic carbocycles. The maximum absolute atomic E-state index is 12.5. The molecular weight excluding hydrogens is 386 g/mol. The number of hydrogen-bond acceptors (Lipinski definition) is 4. The summed E-state index contributed by atoms with van der Waals surface area (Å²) in [7, 11) is 0. The smallest absolute Gasteiger partial charge is 0.244 e. The predicted octanol–water partition coefficient (Wildman–Crippen LogP) is 3.39. The van der Waals surface area contributed by atoms with E-state index in [9.17, 15) is 4.79 Å². The lowest BCUT2D eigenvalue weighted by Crippen LogP contribution is -2.43. The van der Waals surface area contributed by atoms with Gasteiger partial charge in [-0.05, 0) is 12.0 Å². The number of benzene rings is 2. The third kappa shape index (κ3) is 3.71. The molecule has 1 saturated heterocycles. The predicted molar refractivity (Wildman–Crippen MR) is 117 cm³/mol. The van der Waals surface area contributed by atoms with E-state index in [1.807, 2.05) is 60.7 Å². The molecule has 6 nitrogen and oxygen atoms in total. The van der Waals surface area contributed by atoms with Gasteiger partial charge in [-0.2, -0.15) is 5.10 Å². The van der Waals surface area contributed by atoms with E-state index < -0.39 is 0 Å². The summed E-state index contributed by atoms with van der Waals surface area (Å²) >= 11 is 6.73. The first-order valence-corrected chi connectivity index (χ1v) is 9.84. The zero-order chi connectivity index (χ0) is 20.4. The van der Waals surface area contributed by atoms with Crippen molar-refractivity contribution in [1.82, 2.24) is 14.7 Å². The Morgan fingerprint density at radius 1 is 1.03 bits per heavy atom. The largest absolute Gasteiger partial charge is 0.397 e. The Kier molecular flexibility index (Phi) is 5.27. The van der Waals surface area contributed by atoms with Crippen molar-refractivity contribution in [3.05, 3.63) is 71.8 Å². The average molecular weight is 408 g/mol. The van der Waals surface area contributed by atoms with Gasteiger partial charge in [0.25, 0.3) is 0 Å². The van der Waals surface area contributed by atoms with Crippen LogP contribution in [-0.4, -0.2) is 33.7 Å². The first-order chi connectivity index (χ1) is 14.1. The third-order valence-corrected chi connectivity index (χ3v) is 5.47. The summed E-state index contributed by atoms with van der Waals surface area (Å²) in [6, 6.07) is 19.1. The molecule has 1 fully saturated rings. The third-order valence-electron chi connectivity index (χ3n) is 5.07. The van der Waals surface area contributed by atoms with Crippen LogP contribution in [0.3, 0.4) is 0 Å². The fourth-order valence-corrected chi connectivity index (χ4v) is 3.58. The number of aromatic nitrogens is 2. The van der Waals surface area contributed by atoms with E-state index in [-0.39, 0.29) is 12.5 Å². The maximum Gasteiger partial charge on any atom is 0.244 e. The lowest BCUT2D eigenvalue weighted by Gasteiger charge is -2.30. The van der Waals surface area contributed by atoms with Crippen LogP contribution in [0, 0.1) is 0 Å². The normalized spacial score (nSPS) is 14.3. The van der Waals surface area contributed by atoms with Gasteiger partial charge in [0.2, 0.25) is 5.91 Å². The van der Waals surface area contributed by atoms with Crippen LogP contribution in [0.5, 0.6) is 0 Å². The van der Waals surface area contributed by atoms with E-state index in [0.717, 1.165) is 30.6 Å². The minimum atomic E-state index is -0.00672. The number of nitrogen functional groups attached to an aromatic ring is 1. The van der Waals surface area contributed by atoms with E-state index >= 15 is 0 Å². The molecule has 1 aliphatic heterocycles. The van der Waals surface area contributed by atoms with E-state index in [4.69, 9.17) is 23.1 Å². The molecule has 7 heteroatoms. The highest BCUT2D eigenvalue weighted by Crippen LogP contribution is 2.37. The van der Waals surface area contributed by atoms with Gasteiger partial charge in [0.1, 0.15) is 18.1 Å². The Morgan fingerprint density at radius 3 is 2.24 bits per heavy atom. The molecule has 0 unspecified atom stereocenters. The molecule has 1 amide bonds. The first kappa shape index (κ1) is 19.1. The lowest BCUT2D eigenvalue weighted by molar-refractivity contribution is -0.135. The van der Waals surface area contributed by atoms with Crippen molar-refractivity contribution in [1.29, 1.82) is 0 Å². The topological polar surface area (TPSA) is 90.2 Å². The Labute approximate surface area is 174 Å². The summed E-state index contributed by atoms with van der Waals surface area (Å²) in [4.78, 5) is 14.3. The molecule has 0 radical (unpaired) electrons. The molecule has 4 N–H and O–H groups in total. The molecule has 148 valence electrons. The van der Waals surface area contributed by atoms with Crippen molar-refractivity contribution < 1.29 is 4.79 Å². The summed E-state index contributed by atoms with van der Waals surface area (Å²) in [5, 5.41) is 4.94. The van der Waals surface area contributed by atoms with Crippen molar-refractivity contribution >= 4 is 34.1 Å². The standard InChI is InChI=1S/C22H22ClN5O/c23-19(20(24)15-8-3-1-4-9-15)18-21(16-10-5-2-6-11-16)26-28(22(18)25)14-17(29)27-12-7-13-27/h1-6,8-11H,7,12-14,24-25H2/b20-19+. The number of nitrogens with zero attached hydrogens (tertiary/aromatic N) is 3. The number of carbonyl (C=O) groups excluding carboxylic acids is 1. The highest BCUT2D eigenvalue weighted by atomic mass is 35.5. The minimum absolute atomic E-state index is 0.00672. The Bertz CT molecular complexity index is 1060. The van der Waals surface area contributed by atoms with Gasteiger partial charge in [-0.1, -0.05) is 72.3 Å². The molecule has 4 rings (SSSR count). The van der Waals surface area contributed by atoms with Crippen molar-refractivity contribution in [2.45, 2.75) is 13.0 Å². The van der Waals surface area contributed by atoms with Gasteiger partial charge in [0.15, 0.2) is 0 Å². The molecule has 3 aromatic rings.